The van der Waals surface area contributed by atoms with Crippen molar-refractivity contribution in [3.05, 3.63) is 24.1 Å². The number of aryl methyl sites for hydroxylation is 1. The molecule has 0 unspecified atom stereocenters. The van der Waals surface area contributed by atoms with E-state index in [-0.39, 0.29) is 23.3 Å². The molecule has 1 amide bonds. The lowest BCUT2D eigenvalue weighted by Gasteiger charge is -2.11. The lowest BCUT2D eigenvalue weighted by molar-refractivity contribution is -0.114. The topological polar surface area (TPSA) is 108 Å². The SMILES string of the molecule is COc1c(F)cc(-c2nn(C)c3nc(N)ncc23)cc1NC(C)=O. The number of fused-ring (bicyclic) bond motifs is 1. The highest BCUT2D eigenvalue weighted by atomic mass is 19.1. The number of benzene rings is 1. The van der Waals surface area contributed by atoms with Gasteiger partial charge in [-0.2, -0.15) is 10.1 Å². The molecular weight excluding hydrogens is 315 g/mol. The summed E-state index contributed by atoms with van der Waals surface area (Å²) in [5.41, 5.74) is 7.26. The van der Waals surface area contributed by atoms with Crippen LogP contribution in [0.25, 0.3) is 22.3 Å². The number of amides is 1. The molecule has 0 spiro atoms. The fourth-order valence-electron chi connectivity index (χ4n) is 2.48. The van der Waals surface area contributed by atoms with Crippen LogP contribution in [0.15, 0.2) is 18.3 Å². The molecule has 3 aromatic rings. The van der Waals surface area contributed by atoms with Gasteiger partial charge in [0.1, 0.15) is 5.69 Å². The average Bonchev–Trinajstić information content (AvgIpc) is 2.83. The van der Waals surface area contributed by atoms with Crippen molar-refractivity contribution in [3.63, 3.8) is 0 Å². The number of hydrogen-bond acceptors (Lipinski definition) is 6. The number of aromatic nitrogens is 4. The van der Waals surface area contributed by atoms with Gasteiger partial charge in [-0.15, -0.1) is 0 Å². The van der Waals surface area contributed by atoms with Gasteiger partial charge in [0.05, 0.1) is 18.2 Å². The van der Waals surface area contributed by atoms with Gasteiger partial charge in [-0.05, 0) is 12.1 Å². The second-order valence-electron chi connectivity index (χ2n) is 5.16. The van der Waals surface area contributed by atoms with E-state index in [9.17, 15) is 9.18 Å². The van der Waals surface area contributed by atoms with Crippen molar-refractivity contribution in [2.45, 2.75) is 6.92 Å². The van der Waals surface area contributed by atoms with Crippen molar-refractivity contribution in [1.82, 2.24) is 19.7 Å². The number of methoxy groups -OCH3 is 1. The maximum absolute atomic E-state index is 14.4. The molecule has 0 aliphatic rings. The van der Waals surface area contributed by atoms with E-state index in [1.807, 2.05) is 0 Å². The summed E-state index contributed by atoms with van der Waals surface area (Å²) in [5.74, 6) is -0.882. The summed E-state index contributed by atoms with van der Waals surface area (Å²) in [6, 6.07) is 2.86. The number of halogens is 1. The van der Waals surface area contributed by atoms with E-state index in [4.69, 9.17) is 10.5 Å². The monoisotopic (exact) mass is 330 g/mol. The first-order valence-corrected chi connectivity index (χ1v) is 7.01. The third-order valence-electron chi connectivity index (χ3n) is 3.43. The van der Waals surface area contributed by atoms with Gasteiger partial charge in [-0.3, -0.25) is 4.79 Å². The predicted molar refractivity (Wildman–Crippen MR) is 87.0 cm³/mol. The average molecular weight is 330 g/mol. The summed E-state index contributed by atoms with van der Waals surface area (Å²) in [6.45, 7) is 1.33. The molecule has 8 nitrogen and oxygen atoms in total. The van der Waals surface area contributed by atoms with Crippen LogP contribution in [0.1, 0.15) is 6.92 Å². The molecule has 0 aliphatic heterocycles. The van der Waals surface area contributed by atoms with E-state index in [2.05, 4.69) is 20.4 Å². The summed E-state index contributed by atoms with van der Waals surface area (Å²) < 4.78 is 20.9. The summed E-state index contributed by atoms with van der Waals surface area (Å²) in [5, 5.41) is 7.52. The van der Waals surface area contributed by atoms with E-state index >= 15 is 0 Å². The number of rotatable bonds is 3. The molecule has 0 saturated carbocycles. The van der Waals surface area contributed by atoms with Crippen molar-refractivity contribution in [1.29, 1.82) is 0 Å². The van der Waals surface area contributed by atoms with Crippen LogP contribution in [0.2, 0.25) is 0 Å². The second-order valence-corrected chi connectivity index (χ2v) is 5.16. The van der Waals surface area contributed by atoms with Gasteiger partial charge >= 0.3 is 0 Å². The Morgan fingerprint density at radius 1 is 1.42 bits per heavy atom. The van der Waals surface area contributed by atoms with E-state index in [0.29, 0.717) is 22.3 Å². The molecule has 9 heteroatoms. The number of nitrogens with two attached hydrogens (primary N) is 1. The van der Waals surface area contributed by atoms with Crippen molar-refractivity contribution in [3.8, 4) is 17.0 Å². The van der Waals surface area contributed by atoms with Gasteiger partial charge in [-0.25, -0.2) is 14.1 Å². The Hall–Kier alpha value is -3.23. The molecule has 2 heterocycles. The summed E-state index contributed by atoms with van der Waals surface area (Å²) in [4.78, 5) is 19.4. The third kappa shape index (κ3) is 2.60. The first-order chi connectivity index (χ1) is 11.4. The van der Waals surface area contributed by atoms with Gasteiger partial charge in [0.25, 0.3) is 0 Å². The fraction of sp³-hybridized carbons (Fsp3) is 0.200. The highest BCUT2D eigenvalue weighted by Gasteiger charge is 2.18. The first-order valence-electron chi connectivity index (χ1n) is 7.01. The number of nitrogens with one attached hydrogen (secondary N) is 1. The molecule has 0 saturated heterocycles. The van der Waals surface area contributed by atoms with E-state index in [1.54, 1.807) is 13.1 Å². The van der Waals surface area contributed by atoms with E-state index in [0.717, 1.165) is 0 Å². The van der Waals surface area contributed by atoms with Gasteiger partial charge < -0.3 is 15.8 Å². The lowest BCUT2D eigenvalue weighted by Crippen LogP contribution is -2.08. The second kappa shape index (κ2) is 5.76. The molecule has 0 radical (unpaired) electrons. The first kappa shape index (κ1) is 15.7. The molecule has 0 atom stereocenters. The van der Waals surface area contributed by atoms with Crippen LogP contribution in [0.3, 0.4) is 0 Å². The Kier molecular flexibility index (Phi) is 3.76. The summed E-state index contributed by atoms with van der Waals surface area (Å²) >= 11 is 0. The minimum absolute atomic E-state index is 0.0466. The predicted octanol–water partition coefficient (Wildman–Crippen LogP) is 1.72. The van der Waals surface area contributed by atoms with Crippen LogP contribution < -0.4 is 15.8 Å². The van der Waals surface area contributed by atoms with Crippen LogP contribution in [-0.2, 0) is 11.8 Å². The van der Waals surface area contributed by atoms with Crippen molar-refractivity contribution in [2.75, 3.05) is 18.2 Å². The standard InChI is InChI=1S/C15H15FN6O2/c1-7(23)19-11-5-8(4-10(16)13(11)24-3)12-9-6-18-15(17)20-14(9)22(2)21-12/h4-6H,1-3H3,(H,19,23)(H2,17,18,20). The third-order valence-corrected chi connectivity index (χ3v) is 3.43. The Bertz CT molecular complexity index is 953. The maximum Gasteiger partial charge on any atom is 0.222 e. The molecule has 24 heavy (non-hydrogen) atoms. The zero-order valence-electron chi connectivity index (χ0n) is 13.3. The summed E-state index contributed by atoms with van der Waals surface area (Å²) in [6.07, 6.45) is 1.53. The number of nitrogen functional groups attached to an aromatic ring is 1. The number of carbonyl (C=O) groups excluding carboxylic acids is 1. The molecular formula is C15H15FN6O2. The fourth-order valence-corrected chi connectivity index (χ4v) is 2.48. The highest BCUT2D eigenvalue weighted by Crippen LogP contribution is 2.35. The zero-order chi connectivity index (χ0) is 17.4. The Morgan fingerprint density at radius 3 is 2.83 bits per heavy atom. The lowest BCUT2D eigenvalue weighted by atomic mass is 10.1. The minimum atomic E-state index is -0.617. The Labute approximate surface area is 136 Å². The smallest absolute Gasteiger partial charge is 0.222 e. The molecule has 124 valence electrons. The number of anilines is 2. The number of ether oxygens (including phenoxy) is 1. The van der Waals surface area contributed by atoms with Gasteiger partial charge in [0.15, 0.2) is 17.2 Å². The zero-order valence-corrected chi connectivity index (χ0v) is 13.3. The summed E-state index contributed by atoms with van der Waals surface area (Å²) in [7, 11) is 3.03. The molecule has 0 aliphatic carbocycles. The normalized spacial score (nSPS) is 10.8. The molecule has 3 rings (SSSR count). The Balaban J connectivity index is 2.23. The van der Waals surface area contributed by atoms with E-state index < -0.39 is 5.82 Å². The van der Waals surface area contributed by atoms with Crippen molar-refractivity contribution >= 4 is 28.6 Å². The van der Waals surface area contributed by atoms with Crippen LogP contribution in [0.4, 0.5) is 16.0 Å². The van der Waals surface area contributed by atoms with Crippen molar-refractivity contribution < 1.29 is 13.9 Å². The molecule has 1 aromatic carbocycles. The molecule has 3 N–H and O–H groups in total. The van der Waals surface area contributed by atoms with Crippen LogP contribution in [0.5, 0.6) is 5.75 Å². The molecule has 2 aromatic heterocycles. The van der Waals surface area contributed by atoms with Crippen LogP contribution in [0, 0.1) is 5.82 Å². The van der Waals surface area contributed by atoms with Crippen LogP contribution in [-0.4, -0.2) is 32.8 Å². The largest absolute Gasteiger partial charge is 0.492 e. The highest BCUT2D eigenvalue weighted by molar-refractivity contribution is 5.95. The minimum Gasteiger partial charge on any atom is -0.492 e. The van der Waals surface area contributed by atoms with Gasteiger partial charge in [-0.1, -0.05) is 0 Å². The number of hydrogen-bond donors (Lipinski definition) is 2. The quantitative estimate of drug-likeness (QED) is 0.757. The van der Waals surface area contributed by atoms with Crippen molar-refractivity contribution in [2.24, 2.45) is 7.05 Å². The number of nitrogens with zero attached hydrogens (tertiary/aromatic N) is 4. The Morgan fingerprint density at radius 2 is 2.17 bits per heavy atom. The molecule has 0 bridgehead atoms. The van der Waals surface area contributed by atoms with Gasteiger partial charge in [0, 0.05) is 25.7 Å². The van der Waals surface area contributed by atoms with Gasteiger partial charge in [0.2, 0.25) is 11.9 Å². The maximum atomic E-state index is 14.4. The molecule has 0 fully saturated rings. The van der Waals surface area contributed by atoms with E-state index in [1.165, 1.54) is 31.0 Å². The number of carbonyl (C=O) groups is 1. The van der Waals surface area contributed by atoms with Crippen LogP contribution >= 0.6 is 0 Å².